The number of phenolic OH excluding ortho intramolecular Hbond substituents is 1. The molecule has 0 aromatic heterocycles. The van der Waals surface area contributed by atoms with Crippen LogP contribution in [0, 0.1) is 33.2 Å². The van der Waals surface area contributed by atoms with Gasteiger partial charge in [-0.2, -0.15) is 0 Å². The van der Waals surface area contributed by atoms with Crippen molar-refractivity contribution in [2.75, 3.05) is 33.3 Å². The van der Waals surface area contributed by atoms with Crippen molar-refractivity contribution >= 4 is 46.2 Å². The van der Waals surface area contributed by atoms with Crippen LogP contribution in [0.3, 0.4) is 0 Å². The molecule has 6 atom stereocenters. The highest BCUT2D eigenvalue weighted by atomic mass is 127. The second-order valence-electron chi connectivity index (χ2n) is 16.7. The number of aromatic hydroxyl groups is 1. The molecule has 2 aliphatic carbocycles. The molecule has 292 valence electrons. The van der Waals surface area contributed by atoms with Gasteiger partial charge in [-0.25, -0.2) is 0 Å². The number of likely N-dealkylation sites (tertiary alicyclic amines) is 4. The minimum absolute atomic E-state index is 0.0261. The van der Waals surface area contributed by atoms with Crippen molar-refractivity contribution in [2.24, 2.45) is 29.6 Å². The molecule has 1 N–H and O–H groups in total. The van der Waals surface area contributed by atoms with Gasteiger partial charge in [0.2, 0.25) is 23.6 Å². The highest BCUT2D eigenvalue weighted by Gasteiger charge is 2.63. The molecule has 3 aromatic carbocycles. The Morgan fingerprint density at radius 1 is 0.679 bits per heavy atom. The smallest absolute Gasteiger partial charge is 0.234 e. The predicted octanol–water partition coefficient (Wildman–Crippen LogP) is 5.97. The Labute approximate surface area is 342 Å². The van der Waals surface area contributed by atoms with E-state index in [4.69, 9.17) is 4.74 Å². The van der Waals surface area contributed by atoms with E-state index in [1.165, 1.54) is 18.2 Å². The first-order chi connectivity index (χ1) is 27.2. The number of amides is 4. The number of imide groups is 2. The maximum absolute atomic E-state index is 14.8. The molecule has 9 rings (SSSR count). The van der Waals surface area contributed by atoms with Crippen molar-refractivity contribution in [3.63, 3.8) is 0 Å². The van der Waals surface area contributed by atoms with E-state index in [0.29, 0.717) is 35.0 Å². The third kappa shape index (κ3) is 6.57. The van der Waals surface area contributed by atoms with E-state index in [0.717, 1.165) is 63.2 Å². The van der Waals surface area contributed by atoms with E-state index >= 15 is 0 Å². The summed E-state index contributed by atoms with van der Waals surface area (Å²) < 4.78 is 6.18. The van der Waals surface area contributed by atoms with Crippen molar-refractivity contribution < 1.29 is 29.0 Å². The lowest BCUT2D eigenvalue weighted by Gasteiger charge is -2.44. The summed E-state index contributed by atoms with van der Waals surface area (Å²) in [5, 5.41) is 10.8. The number of ether oxygens (including phenoxy) is 1. The Morgan fingerprint density at radius 3 is 1.73 bits per heavy atom. The number of rotatable bonds is 8. The van der Waals surface area contributed by atoms with Crippen LogP contribution < -0.4 is 4.74 Å². The summed E-state index contributed by atoms with van der Waals surface area (Å²) in [4.78, 5) is 66.3. The molecule has 4 heterocycles. The van der Waals surface area contributed by atoms with Crippen LogP contribution in [0.4, 0.5) is 0 Å². The van der Waals surface area contributed by atoms with Crippen molar-refractivity contribution in [1.82, 2.24) is 19.6 Å². The number of allylic oxidation sites excluding steroid dienone is 2. The van der Waals surface area contributed by atoms with Crippen LogP contribution in [0.1, 0.15) is 61.1 Å². The SMILES string of the molecule is COc1cc(C2C3=CCC4C(=O)N(C5CCN(Cc6ccccc6)CC5)C(=O)C4C3CC3C(=O)N(C4CCN(Cc5ccccc5)CC4)C(=O)C32)cc(I)c1O. The van der Waals surface area contributed by atoms with Crippen LogP contribution in [0.15, 0.2) is 84.4 Å². The number of piperidine rings is 2. The van der Waals surface area contributed by atoms with Crippen molar-refractivity contribution in [3.05, 3.63) is 105 Å². The number of halogens is 1. The second kappa shape index (κ2) is 15.4. The summed E-state index contributed by atoms with van der Waals surface area (Å²) >= 11 is 2.08. The number of carbonyl (C=O) groups is 4. The predicted molar refractivity (Wildman–Crippen MR) is 218 cm³/mol. The molecule has 6 aliphatic rings. The van der Waals surface area contributed by atoms with Gasteiger partial charge < -0.3 is 9.84 Å². The number of carbonyl (C=O) groups excluding carboxylic acids is 4. The van der Waals surface area contributed by atoms with E-state index in [1.54, 1.807) is 15.9 Å². The van der Waals surface area contributed by atoms with E-state index in [9.17, 15) is 24.3 Å². The van der Waals surface area contributed by atoms with E-state index < -0.39 is 29.6 Å². The summed E-state index contributed by atoms with van der Waals surface area (Å²) in [6, 6.07) is 24.1. The van der Waals surface area contributed by atoms with Crippen molar-refractivity contribution in [3.8, 4) is 11.5 Å². The first-order valence-corrected chi connectivity index (χ1v) is 21.3. The van der Waals surface area contributed by atoms with E-state index in [2.05, 4.69) is 62.7 Å². The molecule has 56 heavy (non-hydrogen) atoms. The molecular formula is C45H49IN4O6. The van der Waals surface area contributed by atoms with Gasteiger partial charge in [-0.15, -0.1) is 0 Å². The zero-order valence-corrected chi connectivity index (χ0v) is 33.9. The van der Waals surface area contributed by atoms with Gasteiger partial charge >= 0.3 is 0 Å². The van der Waals surface area contributed by atoms with Crippen LogP contribution in [0.2, 0.25) is 0 Å². The maximum atomic E-state index is 14.8. The molecule has 3 aromatic rings. The lowest BCUT2D eigenvalue weighted by Crippen LogP contribution is -2.48. The third-order valence-electron chi connectivity index (χ3n) is 13.7. The first kappa shape index (κ1) is 37.5. The molecule has 0 bridgehead atoms. The summed E-state index contributed by atoms with van der Waals surface area (Å²) in [5.74, 6) is -3.28. The fraction of sp³-hybridized carbons (Fsp3) is 0.467. The van der Waals surface area contributed by atoms with Gasteiger partial charge in [-0.1, -0.05) is 72.3 Å². The molecule has 0 radical (unpaired) electrons. The molecule has 0 spiro atoms. The van der Waals surface area contributed by atoms with Crippen molar-refractivity contribution in [2.45, 2.75) is 69.6 Å². The Morgan fingerprint density at radius 2 is 1.20 bits per heavy atom. The number of nitrogens with zero attached hydrogens (tertiary/aromatic N) is 4. The van der Waals surface area contributed by atoms with Gasteiger partial charge in [0.25, 0.3) is 0 Å². The Kier molecular flexibility index (Phi) is 10.3. The highest BCUT2D eigenvalue weighted by molar-refractivity contribution is 14.1. The quantitative estimate of drug-likeness (QED) is 0.168. The van der Waals surface area contributed by atoms with Crippen LogP contribution in [-0.4, -0.2) is 93.7 Å². The minimum atomic E-state index is -0.633. The first-order valence-electron chi connectivity index (χ1n) is 20.2. The Hall–Kier alpha value is -4.07. The van der Waals surface area contributed by atoms with Crippen LogP contribution in [0.25, 0.3) is 0 Å². The van der Waals surface area contributed by atoms with E-state index in [1.807, 2.05) is 42.5 Å². The molecule has 5 fully saturated rings. The summed E-state index contributed by atoms with van der Waals surface area (Å²) in [5.41, 5.74) is 4.25. The standard InChI is InChI=1S/C45H49IN4O6/c1-56-37-23-29(22-36(46)41(37)51)38-32-12-13-33-39(44(54)49(42(33)52)30-14-18-47(19-15-30)25-27-8-4-2-5-9-27)34(32)24-35-40(38)45(55)50(43(35)53)31-16-20-48(21-17-31)26-28-10-6-3-7-11-28/h2-12,22-23,30-31,33-35,38-40,51H,13-21,24-26H2,1H3. The lowest BCUT2D eigenvalue weighted by atomic mass is 9.57. The fourth-order valence-corrected chi connectivity index (χ4v) is 11.6. The van der Waals surface area contributed by atoms with Gasteiger partial charge in [-0.05, 0) is 95.9 Å². The lowest BCUT2D eigenvalue weighted by molar-refractivity contribution is -0.146. The van der Waals surface area contributed by atoms with Gasteiger partial charge in [0.05, 0.1) is 34.4 Å². The largest absolute Gasteiger partial charge is 0.504 e. The number of benzene rings is 3. The zero-order valence-electron chi connectivity index (χ0n) is 31.8. The van der Waals surface area contributed by atoms with Crippen LogP contribution in [0.5, 0.6) is 11.5 Å². The Bertz CT molecular complexity index is 2040. The molecule has 1 saturated carbocycles. The summed E-state index contributed by atoms with van der Waals surface area (Å²) in [7, 11) is 1.51. The molecule has 11 heteroatoms. The summed E-state index contributed by atoms with van der Waals surface area (Å²) in [6.07, 6.45) is 5.80. The monoisotopic (exact) mass is 868 g/mol. The molecule has 10 nitrogen and oxygen atoms in total. The molecule has 4 saturated heterocycles. The normalized spacial score (nSPS) is 29.0. The number of hydrogen-bond donors (Lipinski definition) is 1. The second-order valence-corrected chi connectivity index (χ2v) is 17.8. The van der Waals surface area contributed by atoms with Crippen LogP contribution in [-0.2, 0) is 32.3 Å². The fourth-order valence-electron chi connectivity index (χ4n) is 11.0. The molecular weight excluding hydrogens is 819 g/mol. The maximum Gasteiger partial charge on any atom is 0.234 e. The van der Waals surface area contributed by atoms with E-state index in [-0.39, 0.29) is 47.4 Å². The minimum Gasteiger partial charge on any atom is -0.504 e. The number of fused-ring (bicyclic) bond motifs is 4. The number of hydrogen-bond acceptors (Lipinski definition) is 8. The van der Waals surface area contributed by atoms with Gasteiger partial charge in [0.1, 0.15) is 0 Å². The molecule has 4 aliphatic heterocycles. The van der Waals surface area contributed by atoms with Gasteiger partial charge in [0.15, 0.2) is 11.5 Å². The number of phenols is 1. The Balaban J connectivity index is 0.986. The van der Waals surface area contributed by atoms with Gasteiger partial charge in [-0.3, -0.25) is 38.8 Å². The average molecular weight is 869 g/mol. The number of methoxy groups -OCH3 is 1. The topological polar surface area (TPSA) is 111 Å². The third-order valence-corrected chi connectivity index (χ3v) is 14.5. The molecule has 6 unspecified atom stereocenters. The van der Waals surface area contributed by atoms with Gasteiger partial charge in [0, 0.05) is 57.3 Å². The highest BCUT2D eigenvalue weighted by Crippen LogP contribution is 2.59. The average Bonchev–Trinajstić information content (AvgIpc) is 3.63. The van der Waals surface area contributed by atoms with Crippen LogP contribution >= 0.6 is 22.6 Å². The van der Waals surface area contributed by atoms with Crippen molar-refractivity contribution in [1.29, 1.82) is 0 Å². The zero-order chi connectivity index (χ0) is 38.7. The molecule has 4 amide bonds. The summed E-state index contributed by atoms with van der Waals surface area (Å²) in [6.45, 7) is 4.87.